The summed E-state index contributed by atoms with van der Waals surface area (Å²) in [6.07, 6.45) is 6.15. The molecule has 0 spiro atoms. The summed E-state index contributed by atoms with van der Waals surface area (Å²) in [5.41, 5.74) is 0.571. The van der Waals surface area contributed by atoms with Gasteiger partial charge in [0.05, 0.1) is 4.90 Å². The molecule has 1 aromatic carbocycles. The van der Waals surface area contributed by atoms with Crippen molar-refractivity contribution in [2.24, 2.45) is 29.6 Å². The quantitative estimate of drug-likeness (QED) is 0.895. The van der Waals surface area contributed by atoms with Crippen LogP contribution in [0.1, 0.15) is 32.1 Å². The van der Waals surface area contributed by atoms with Gasteiger partial charge in [-0.1, -0.05) is 6.07 Å². The van der Waals surface area contributed by atoms with Crippen LogP contribution in [0.5, 0.6) is 0 Å². The van der Waals surface area contributed by atoms with E-state index in [0.29, 0.717) is 17.5 Å². The van der Waals surface area contributed by atoms with Gasteiger partial charge in [0.15, 0.2) is 0 Å². The number of hydrogen-bond acceptors (Lipinski definition) is 3. The summed E-state index contributed by atoms with van der Waals surface area (Å²) in [6.45, 7) is 0. The second kappa shape index (κ2) is 6.09. The van der Waals surface area contributed by atoms with E-state index in [-0.39, 0.29) is 16.7 Å². The van der Waals surface area contributed by atoms with Crippen molar-refractivity contribution in [2.45, 2.75) is 37.0 Å². The van der Waals surface area contributed by atoms with E-state index >= 15 is 0 Å². The van der Waals surface area contributed by atoms with Gasteiger partial charge in [0, 0.05) is 25.7 Å². The molecule has 0 saturated heterocycles. The van der Waals surface area contributed by atoms with Gasteiger partial charge in [0.1, 0.15) is 0 Å². The van der Waals surface area contributed by atoms with Crippen LogP contribution < -0.4 is 5.32 Å². The Kier molecular flexibility index (Phi) is 4.15. The standard InChI is InChI=1S/C19H26N2O3S/c1-21(2)25(23,24)17-5-3-4-16(11-17)20-19(22)18-14-7-12-6-13(9-14)10-15(18)8-12/h3-5,11-15,18H,6-10H2,1-2H3,(H,20,22). The van der Waals surface area contributed by atoms with Gasteiger partial charge >= 0.3 is 0 Å². The van der Waals surface area contributed by atoms with E-state index in [1.165, 1.54) is 50.5 Å². The predicted octanol–water partition coefficient (Wildman–Crippen LogP) is 2.95. The Labute approximate surface area is 149 Å². The first-order valence-corrected chi connectivity index (χ1v) is 10.6. The maximum absolute atomic E-state index is 12.9. The highest BCUT2D eigenvalue weighted by Crippen LogP contribution is 2.56. The van der Waals surface area contributed by atoms with Gasteiger partial charge in [0.25, 0.3) is 0 Å². The minimum Gasteiger partial charge on any atom is -0.326 e. The zero-order valence-corrected chi connectivity index (χ0v) is 15.6. The molecule has 4 saturated carbocycles. The second-order valence-corrected chi connectivity index (χ2v) is 10.4. The van der Waals surface area contributed by atoms with Crippen molar-refractivity contribution >= 4 is 21.6 Å². The lowest BCUT2D eigenvalue weighted by molar-refractivity contribution is -0.132. The Morgan fingerprint density at radius 3 is 2.20 bits per heavy atom. The minimum atomic E-state index is -3.49. The van der Waals surface area contributed by atoms with Gasteiger partial charge in [-0.2, -0.15) is 0 Å². The van der Waals surface area contributed by atoms with Gasteiger partial charge in [-0.3, -0.25) is 4.79 Å². The van der Waals surface area contributed by atoms with Crippen LogP contribution in [0.2, 0.25) is 0 Å². The molecule has 4 bridgehead atoms. The third kappa shape index (κ3) is 2.99. The molecule has 4 fully saturated rings. The topological polar surface area (TPSA) is 66.5 Å². The van der Waals surface area contributed by atoms with E-state index in [1.807, 2.05) is 0 Å². The fraction of sp³-hybridized carbons (Fsp3) is 0.632. The third-order valence-electron chi connectivity index (χ3n) is 6.41. The van der Waals surface area contributed by atoms with Crippen LogP contribution in [-0.2, 0) is 14.8 Å². The van der Waals surface area contributed by atoms with Crippen LogP contribution in [0.25, 0.3) is 0 Å². The first-order chi connectivity index (χ1) is 11.8. The highest BCUT2D eigenvalue weighted by atomic mass is 32.2. The van der Waals surface area contributed by atoms with E-state index in [4.69, 9.17) is 0 Å². The smallest absolute Gasteiger partial charge is 0.242 e. The largest absolute Gasteiger partial charge is 0.326 e. The summed E-state index contributed by atoms with van der Waals surface area (Å²) in [4.78, 5) is 13.1. The molecular formula is C19H26N2O3S. The SMILES string of the molecule is CN(C)S(=O)(=O)c1cccc(NC(=O)C2C3CC4CC(C3)CC2C4)c1. The molecule has 0 heterocycles. The van der Waals surface area contributed by atoms with Gasteiger partial charge in [0.2, 0.25) is 15.9 Å². The number of amides is 1. The number of rotatable bonds is 4. The first kappa shape index (κ1) is 17.0. The maximum Gasteiger partial charge on any atom is 0.242 e. The lowest BCUT2D eigenvalue weighted by Gasteiger charge is -2.53. The molecular weight excluding hydrogens is 336 g/mol. The van der Waals surface area contributed by atoms with E-state index < -0.39 is 10.0 Å². The van der Waals surface area contributed by atoms with Crippen molar-refractivity contribution in [2.75, 3.05) is 19.4 Å². The van der Waals surface area contributed by atoms with E-state index in [2.05, 4.69) is 5.32 Å². The molecule has 5 rings (SSSR count). The molecule has 0 atom stereocenters. The summed E-state index contributed by atoms with van der Waals surface area (Å²) in [5.74, 6) is 2.88. The number of carbonyl (C=O) groups excluding carboxylic acids is 1. The van der Waals surface area contributed by atoms with Crippen LogP contribution in [0.3, 0.4) is 0 Å². The van der Waals surface area contributed by atoms with E-state index in [1.54, 1.807) is 24.3 Å². The van der Waals surface area contributed by atoms with Crippen molar-refractivity contribution < 1.29 is 13.2 Å². The number of sulfonamides is 1. The maximum atomic E-state index is 12.9. The monoisotopic (exact) mass is 362 g/mol. The fourth-order valence-electron chi connectivity index (χ4n) is 5.52. The van der Waals surface area contributed by atoms with Crippen molar-refractivity contribution in [3.8, 4) is 0 Å². The van der Waals surface area contributed by atoms with E-state index in [0.717, 1.165) is 11.8 Å². The highest BCUT2D eigenvalue weighted by molar-refractivity contribution is 7.89. The Bertz CT molecular complexity index is 760. The Balaban J connectivity index is 1.52. The van der Waals surface area contributed by atoms with E-state index in [9.17, 15) is 13.2 Å². The number of benzene rings is 1. The highest BCUT2D eigenvalue weighted by Gasteiger charge is 2.50. The van der Waals surface area contributed by atoms with Crippen LogP contribution in [-0.4, -0.2) is 32.7 Å². The zero-order valence-electron chi connectivity index (χ0n) is 14.8. The van der Waals surface area contributed by atoms with Crippen LogP contribution >= 0.6 is 0 Å². The lowest BCUT2D eigenvalue weighted by atomic mass is 9.51. The number of hydrogen-bond donors (Lipinski definition) is 1. The second-order valence-electron chi connectivity index (χ2n) is 8.26. The van der Waals surface area contributed by atoms with Crippen LogP contribution in [0.4, 0.5) is 5.69 Å². The molecule has 1 aromatic rings. The average Bonchev–Trinajstić information content (AvgIpc) is 2.53. The summed E-state index contributed by atoms with van der Waals surface area (Å²) in [7, 11) is -0.476. The first-order valence-electron chi connectivity index (χ1n) is 9.18. The molecule has 4 aliphatic carbocycles. The molecule has 136 valence electrons. The number of nitrogens with one attached hydrogen (secondary N) is 1. The summed E-state index contributed by atoms with van der Waals surface area (Å²) < 4.78 is 25.8. The van der Waals surface area contributed by atoms with Crippen LogP contribution in [0.15, 0.2) is 29.2 Å². The molecule has 4 aliphatic rings. The molecule has 25 heavy (non-hydrogen) atoms. The Morgan fingerprint density at radius 2 is 1.64 bits per heavy atom. The average molecular weight is 362 g/mol. The molecule has 0 aromatic heterocycles. The normalized spacial score (nSPS) is 33.6. The molecule has 1 N–H and O–H groups in total. The predicted molar refractivity (Wildman–Crippen MR) is 96.5 cm³/mol. The van der Waals surface area contributed by atoms with Crippen molar-refractivity contribution in [3.63, 3.8) is 0 Å². The molecule has 5 nitrogen and oxygen atoms in total. The van der Waals surface area contributed by atoms with Gasteiger partial charge < -0.3 is 5.32 Å². The molecule has 0 radical (unpaired) electrons. The van der Waals surface area contributed by atoms with Crippen molar-refractivity contribution in [3.05, 3.63) is 24.3 Å². The number of carbonyl (C=O) groups is 1. The lowest BCUT2D eigenvalue weighted by Crippen LogP contribution is -2.49. The molecule has 6 heteroatoms. The number of anilines is 1. The zero-order chi connectivity index (χ0) is 17.8. The minimum absolute atomic E-state index is 0.0770. The number of nitrogens with zero attached hydrogens (tertiary/aromatic N) is 1. The molecule has 1 amide bonds. The molecule has 0 aliphatic heterocycles. The fourth-order valence-corrected chi connectivity index (χ4v) is 6.47. The Hall–Kier alpha value is -1.40. The summed E-state index contributed by atoms with van der Waals surface area (Å²) >= 11 is 0. The van der Waals surface area contributed by atoms with Gasteiger partial charge in [-0.25, -0.2) is 12.7 Å². The van der Waals surface area contributed by atoms with Crippen LogP contribution in [0, 0.1) is 29.6 Å². The van der Waals surface area contributed by atoms with Crippen molar-refractivity contribution in [1.29, 1.82) is 0 Å². The van der Waals surface area contributed by atoms with Crippen molar-refractivity contribution in [1.82, 2.24) is 4.31 Å². The Morgan fingerprint density at radius 1 is 1.04 bits per heavy atom. The third-order valence-corrected chi connectivity index (χ3v) is 8.22. The van der Waals surface area contributed by atoms with Gasteiger partial charge in [-0.05, 0) is 74.0 Å². The summed E-state index contributed by atoms with van der Waals surface area (Å²) in [6, 6.07) is 6.57. The van der Waals surface area contributed by atoms with Gasteiger partial charge in [-0.15, -0.1) is 0 Å². The summed E-state index contributed by atoms with van der Waals surface area (Å²) in [5, 5.41) is 3.00. The molecule has 0 unspecified atom stereocenters.